The number of furan rings is 1. The first-order chi connectivity index (χ1) is 73.7. The first kappa shape index (κ1) is 89.2. The van der Waals surface area contributed by atoms with Crippen molar-refractivity contribution in [3.8, 4) is 180 Å². The van der Waals surface area contributed by atoms with Crippen LogP contribution in [0.3, 0.4) is 0 Å². The van der Waals surface area contributed by atoms with E-state index in [1.165, 1.54) is 86.3 Å². The van der Waals surface area contributed by atoms with E-state index in [-0.39, 0.29) is 0 Å². The summed E-state index contributed by atoms with van der Waals surface area (Å²) in [5.41, 5.74) is 26.3. The number of thiophene rings is 4. The van der Waals surface area contributed by atoms with Gasteiger partial charge < -0.3 is 4.42 Å². The van der Waals surface area contributed by atoms with E-state index < -0.39 is 0 Å². The van der Waals surface area contributed by atoms with Crippen LogP contribution in [0.1, 0.15) is 0 Å². The lowest BCUT2D eigenvalue weighted by molar-refractivity contribution is 0.669. The lowest BCUT2D eigenvalue weighted by Crippen LogP contribution is -2.00. The maximum Gasteiger partial charge on any atom is 0.164 e. The number of rotatable bonds is 16. The van der Waals surface area contributed by atoms with Gasteiger partial charge in [0.15, 0.2) is 52.4 Å². The van der Waals surface area contributed by atoms with Gasteiger partial charge in [0.1, 0.15) is 11.2 Å². The van der Waals surface area contributed by atoms with Gasteiger partial charge in [-0.15, -0.1) is 45.3 Å². The molecular formula is C135H83N9OS4. The molecule has 0 radical (unpaired) electrons. The van der Waals surface area contributed by atoms with Gasteiger partial charge in [-0.25, -0.2) is 44.9 Å². The van der Waals surface area contributed by atoms with E-state index >= 15 is 0 Å². The molecule has 21 aromatic carbocycles. The minimum absolute atomic E-state index is 0.638. The second-order valence-electron chi connectivity index (χ2n) is 37.0. The minimum Gasteiger partial charge on any atom is -0.456 e. The molecule has 0 N–H and O–H groups in total. The lowest BCUT2D eigenvalue weighted by Gasteiger charge is -2.13. The Morgan fingerprint density at radius 3 is 0.651 bits per heavy atom. The highest BCUT2D eigenvalue weighted by Crippen LogP contribution is 2.46. The third kappa shape index (κ3) is 17.8. The predicted octanol–water partition coefficient (Wildman–Crippen LogP) is 37.7. The topological polar surface area (TPSA) is 129 Å². The van der Waals surface area contributed by atoms with E-state index in [9.17, 15) is 0 Å². The zero-order valence-corrected chi connectivity index (χ0v) is 83.3. The molecule has 0 saturated carbocycles. The van der Waals surface area contributed by atoms with Crippen LogP contribution in [0.2, 0.25) is 0 Å². The first-order valence-corrected chi connectivity index (χ1v) is 52.8. The molecular weight excluding hydrogens is 1890 g/mol. The number of nitrogens with zero attached hydrogens (tertiary/aromatic N) is 9. The van der Waals surface area contributed by atoms with Crippen LogP contribution >= 0.6 is 45.3 Å². The Hall–Kier alpha value is -18.7. The Morgan fingerprint density at radius 2 is 0.295 bits per heavy atom. The summed E-state index contributed by atoms with van der Waals surface area (Å²) in [6, 6.07) is 177. The van der Waals surface area contributed by atoms with Crippen LogP contribution in [0.25, 0.3) is 283 Å². The fraction of sp³-hybridized carbons (Fsp3) is 0. The Bertz CT molecular complexity index is 9910. The molecule has 0 atom stereocenters. The molecule has 698 valence electrons. The standard InChI is InChI=1S/C45H27N3OS.C45H27N3S2.C45H29N3S/c1-2-9-29(10-3-1)43-46-44(48-45(47-43)34-22-24-38-37-14-5-7-16-41(37)50-42(38)27-34)30-19-17-28(18-20-30)31-11-8-12-32(25-31)33-21-23-36-35-13-4-6-15-39(35)49-40(36)26-33;1-3-11-28(12-4-1)32-23-33(30-19-21-37-35-15-7-9-17-39(35)49-41(37)26-30)25-34(24-32)45-47-43(29-13-5-2-6-14-29)46-44(48-45)31-20-22-38-36-16-8-10-18-40(36)50-42(38)27-31;1-4-12-30(13-5-1)33-20-22-34(23-21-33)43-46-44(35-24-25-40-39-18-10-11-19-41(39)49-42(40)29-35)48-45(47-43)38-27-36(31-14-6-2-7-15-31)26-37(28-38)32-16-8-3-9-17-32/h2*1-27H;1-29H. The average molecular weight is 1980 g/mol. The average Bonchev–Trinajstić information content (AvgIpc) is 1.76. The van der Waals surface area contributed by atoms with Gasteiger partial charge in [-0.1, -0.05) is 394 Å². The molecule has 149 heavy (non-hydrogen) atoms. The van der Waals surface area contributed by atoms with E-state index in [2.05, 4.69) is 425 Å². The Labute approximate surface area is 874 Å². The molecule has 0 spiro atoms. The molecule has 0 aliphatic carbocycles. The lowest BCUT2D eigenvalue weighted by atomic mass is 9.95. The van der Waals surface area contributed by atoms with Gasteiger partial charge in [0, 0.05) is 142 Å². The molecule has 10 nitrogen and oxygen atoms in total. The van der Waals surface area contributed by atoms with E-state index in [1.807, 2.05) is 90.2 Å². The van der Waals surface area contributed by atoms with E-state index in [1.54, 1.807) is 34.0 Å². The molecule has 8 aromatic heterocycles. The van der Waals surface area contributed by atoms with Gasteiger partial charge in [-0.05, 0) is 187 Å². The maximum absolute atomic E-state index is 6.17. The fourth-order valence-electron chi connectivity index (χ4n) is 20.1. The normalized spacial score (nSPS) is 11.5. The van der Waals surface area contributed by atoms with Crippen LogP contribution in [0, 0.1) is 0 Å². The van der Waals surface area contributed by atoms with Crippen molar-refractivity contribution in [2.45, 2.75) is 0 Å². The summed E-state index contributed by atoms with van der Waals surface area (Å²) in [4.78, 5) is 45.8. The third-order valence-corrected chi connectivity index (χ3v) is 32.1. The van der Waals surface area contributed by atoms with Gasteiger partial charge in [0.25, 0.3) is 0 Å². The molecule has 0 aliphatic heterocycles. The largest absolute Gasteiger partial charge is 0.456 e. The van der Waals surface area contributed by atoms with E-state index in [0.717, 1.165) is 144 Å². The highest BCUT2D eigenvalue weighted by atomic mass is 32.1. The number of aromatic nitrogens is 9. The number of para-hydroxylation sites is 1. The summed E-state index contributed by atoms with van der Waals surface area (Å²) in [5.74, 6) is 5.84. The van der Waals surface area contributed by atoms with Crippen molar-refractivity contribution in [2.24, 2.45) is 0 Å². The summed E-state index contributed by atoms with van der Waals surface area (Å²) < 4.78 is 16.2. The molecule has 0 fully saturated rings. The SMILES string of the molecule is c1ccc(-c2cc(-c3ccc4c(c3)sc3ccccc34)cc(-c3nc(-c4ccccc4)nc(-c4ccc5c(c4)sc4ccccc45)n3)c2)cc1.c1ccc(-c2ccc(-c3nc(-c4cc(-c5ccccc5)cc(-c5ccccc5)c4)nc(-c4ccc5c(c4)sc4ccccc45)n3)cc2)cc1.c1ccc(-c2nc(-c3ccc(-c4cccc(-c5ccc6c(c5)oc5ccccc56)c4)cc3)nc(-c3ccc4c(c3)sc3ccccc34)n2)cc1. The number of benzene rings is 21. The van der Waals surface area contributed by atoms with Gasteiger partial charge in [0.05, 0.1) is 0 Å². The molecule has 0 saturated heterocycles. The minimum atomic E-state index is 0.638. The van der Waals surface area contributed by atoms with E-state index in [4.69, 9.17) is 49.3 Å². The summed E-state index contributed by atoms with van der Waals surface area (Å²) in [6.07, 6.45) is 0. The van der Waals surface area contributed by atoms with Crippen molar-refractivity contribution >= 4 is 148 Å². The second-order valence-corrected chi connectivity index (χ2v) is 41.3. The van der Waals surface area contributed by atoms with Crippen LogP contribution in [-0.2, 0) is 0 Å². The molecule has 0 amide bonds. The van der Waals surface area contributed by atoms with Gasteiger partial charge in [-0.2, -0.15) is 0 Å². The zero-order valence-electron chi connectivity index (χ0n) is 80.0. The van der Waals surface area contributed by atoms with E-state index in [0.29, 0.717) is 52.4 Å². The van der Waals surface area contributed by atoms with Crippen LogP contribution < -0.4 is 0 Å². The van der Waals surface area contributed by atoms with Crippen LogP contribution in [0.5, 0.6) is 0 Å². The molecule has 14 heteroatoms. The van der Waals surface area contributed by atoms with Gasteiger partial charge in [-0.3, -0.25) is 0 Å². The number of hydrogen-bond acceptors (Lipinski definition) is 14. The predicted molar refractivity (Wildman–Crippen MR) is 625 cm³/mol. The van der Waals surface area contributed by atoms with Crippen LogP contribution in [0.4, 0.5) is 0 Å². The second kappa shape index (κ2) is 38.8. The summed E-state index contributed by atoms with van der Waals surface area (Å²) in [7, 11) is 0. The maximum atomic E-state index is 6.17. The van der Waals surface area contributed by atoms with Crippen molar-refractivity contribution in [2.75, 3.05) is 0 Å². The third-order valence-electron chi connectivity index (χ3n) is 27.6. The van der Waals surface area contributed by atoms with Gasteiger partial charge >= 0.3 is 0 Å². The van der Waals surface area contributed by atoms with Gasteiger partial charge in [0.2, 0.25) is 0 Å². The number of hydrogen-bond donors (Lipinski definition) is 0. The molecule has 0 aliphatic rings. The highest BCUT2D eigenvalue weighted by Gasteiger charge is 2.24. The van der Waals surface area contributed by atoms with Crippen molar-refractivity contribution in [1.29, 1.82) is 0 Å². The monoisotopic (exact) mass is 1970 g/mol. The molecule has 0 bridgehead atoms. The molecule has 8 heterocycles. The van der Waals surface area contributed by atoms with Crippen molar-refractivity contribution in [3.63, 3.8) is 0 Å². The zero-order chi connectivity index (χ0) is 98.6. The Balaban J connectivity index is 0.000000110. The fourth-order valence-corrected chi connectivity index (χ4v) is 24.7. The molecule has 29 aromatic rings. The quantitative estimate of drug-likeness (QED) is 0.0922. The Morgan fingerprint density at radius 1 is 0.107 bits per heavy atom. The smallest absolute Gasteiger partial charge is 0.164 e. The van der Waals surface area contributed by atoms with Crippen molar-refractivity contribution in [3.05, 3.63) is 504 Å². The molecule has 0 unspecified atom stereocenters. The molecule has 29 rings (SSSR count). The van der Waals surface area contributed by atoms with Crippen molar-refractivity contribution < 1.29 is 4.42 Å². The first-order valence-electron chi connectivity index (χ1n) is 49.5. The number of fused-ring (bicyclic) bond motifs is 15. The summed E-state index contributed by atoms with van der Waals surface area (Å²) in [6.45, 7) is 0. The summed E-state index contributed by atoms with van der Waals surface area (Å²) in [5, 5.41) is 12.4. The highest BCUT2D eigenvalue weighted by molar-refractivity contribution is 7.27. The Kier molecular flexibility index (Phi) is 23.2. The van der Waals surface area contributed by atoms with Crippen LogP contribution in [-0.4, -0.2) is 44.9 Å². The van der Waals surface area contributed by atoms with Crippen LogP contribution in [0.15, 0.2) is 508 Å². The van der Waals surface area contributed by atoms with Crippen molar-refractivity contribution in [1.82, 2.24) is 44.9 Å². The summed E-state index contributed by atoms with van der Waals surface area (Å²) >= 11 is 7.24.